The first-order valence-corrected chi connectivity index (χ1v) is 10.2. The molecule has 0 bridgehead atoms. The average molecular weight is 411 g/mol. The molecule has 0 spiro atoms. The number of fused-ring (bicyclic) bond motifs is 1. The van der Waals surface area contributed by atoms with Gasteiger partial charge in [-0.3, -0.25) is 14.9 Å². The summed E-state index contributed by atoms with van der Waals surface area (Å²) in [7, 11) is 0. The molecule has 0 radical (unpaired) electrons. The summed E-state index contributed by atoms with van der Waals surface area (Å²) in [5, 5.41) is 21.3. The topological polar surface area (TPSA) is 98.6 Å². The number of carbonyl (C=O) groups is 1. The van der Waals surface area contributed by atoms with Crippen LogP contribution in [0.3, 0.4) is 0 Å². The van der Waals surface area contributed by atoms with Crippen LogP contribution in [0.4, 0.5) is 5.69 Å². The Bertz CT molecular complexity index is 1010. The summed E-state index contributed by atoms with van der Waals surface area (Å²) in [5.41, 5.74) is 1.71. The minimum atomic E-state index is -0.469. The van der Waals surface area contributed by atoms with Crippen LogP contribution in [-0.2, 0) is 6.54 Å². The Hall–Kier alpha value is -3.23. The molecule has 0 saturated carbocycles. The van der Waals surface area contributed by atoms with Gasteiger partial charge in [0.2, 0.25) is 5.78 Å². The first-order valence-electron chi connectivity index (χ1n) is 10.2. The number of non-ortho nitro benzene ring substituents is 1. The number of ketones is 1. The molecule has 1 fully saturated rings. The van der Waals surface area contributed by atoms with E-state index in [4.69, 9.17) is 4.74 Å². The molecule has 2 aromatic rings. The zero-order valence-corrected chi connectivity index (χ0v) is 16.8. The lowest BCUT2D eigenvalue weighted by Crippen LogP contribution is -3.27. The Morgan fingerprint density at radius 3 is 2.40 bits per heavy atom. The number of allylic oxidation sites excluding steroid dienone is 1. The number of rotatable bonds is 5. The van der Waals surface area contributed by atoms with Gasteiger partial charge in [0.05, 0.1) is 22.6 Å². The molecule has 3 N–H and O–H groups in total. The Kier molecular flexibility index (Phi) is 5.52. The number of piperazine rings is 1. The zero-order valence-electron chi connectivity index (χ0n) is 16.8. The van der Waals surface area contributed by atoms with E-state index in [1.165, 1.54) is 17.0 Å². The number of ether oxygens (including phenoxy) is 1. The number of nitro groups is 1. The number of phenols is 1. The van der Waals surface area contributed by atoms with Crippen molar-refractivity contribution in [1.82, 2.24) is 0 Å². The van der Waals surface area contributed by atoms with Crippen molar-refractivity contribution in [3.8, 4) is 11.5 Å². The van der Waals surface area contributed by atoms with Gasteiger partial charge in [0, 0.05) is 12.1 Å². The van der Waals surface area contributed by atoms with Crippen LogP contribution in [0.1, 0.15) is 28.4 Å². The molecule has 156 valence electrons. The van der Waals surface area contributed by atoms with Gasteiger partial charge in [0.25, 0.3) is 5.69 Å². The second-order valence-electron chi connectivity index (χ2n) is 7.76. The molecule has 8 nitrogen and oxygen atoms in total. The first kappa shape index (κ1) is 20.1. The number of nitrogens with one attached hydrogen (secondary N) is 2. The van der Waals surface area contributed by atoms with Crippen molar-refractivity contribution in [2.24, 2.45) is 0 Å². The van der Waals surface area contributed by atoms with Gasteiger partial charge in [-0.25, -0.2) is 0 Å². The van der Waals surface area contributed by atoms with Crippen LogP contribution in [0.2, 0.25) is 0 Å². The largest absolute Gasteiger partial charge is 0.507 e. The predicted octanol–water partition coefficient (Wildman–Crippen LogP) is 0.220. The smallest absolute Gasteiger partial charge is 0.269 e. The maximum absolute atomic E-state index is 12.8. The first-order chi connectivity index (χ1) is 14.5. The van der Waals surface area contributed by atoms with E-state index in [2.05, 4.69) is 6.92 Å². The van der Waals surface area contributed by atoms with Crippen molar-refractivity contribution in [2.75, 3.05) is 32.7 Å². The Labute approximate surface area is 174 Å². The van der Waals surface area contributed by atoms with Gasteiger partial charge in [-0.2, -0.15) is 0 Å². The predicted molar refractivity (Wildman–Crippen MR) is 110 cm³/mol. The van der Waals surface area contributed by atoms with E-state index < -0.39 is 4.92 Å². The SMILES string of the molecule is CC[NH+]1CC[NH+](Cc2c(O)ccc3c2O/C(=C\c2ccc([N+](=O)[O-])cc2)C3=O)CC1. The Morgan fingerprint density at radius 1 is 1.10 bits per heavy atom. The molecule has 0 atom stereocenters. The maximum Gasteiger partial charge on any atom is 0.269 e. The van der Waals surface area contributed by atoms with Crippen LogP contribution >= 0.6 is 0 Å². The summed E-state index contributed by atoms with van der Waals surface area (Å²) in [6, 6.07) is 9.06. The molecule has 2 heterocycles. The zero-order chi connectivity index (χ0) is 21.3. The fraction of sp³-hybridized carbons (Fsp3) is 0.318. The van der Waals surface area contributed by atoms with Crippen molar-refractivity contribution < 1.29 is 29.4 Å². The number of carbonyl (C=O) groups excluding carboxylic acids is 1. The minimum absolute atomic E-state index is 0.0145. The number of quaternary nitrogens is 2. The molecule has 2 aliphatic rings. The van der Waals surface area contributed by atoms with Gasteiger partial charge in [-0.1, -0.05) is 0 Å². The van der Waals surface area contributed by atoms with E-state index >= 15 is 0 Å². The average Bonchev–Trinajstić information content (AvgIpc) is 3.06. The molecule has 1 saturated heterocycles. The molecule has 0 unspecified atom stereocenters. The Balaban J connectivity index is 1.57. The lowest BCUT2D eigenvalue weighted by molar-refractivity contribution is -1.02. The molecule has 8 heteroatoms. The highest BCUT2D eigenvalue weighted by atomic mass is 16.6. The van der Waals surface area contributed by atoms with E-state index in [0.29, 0.717) is 29.0 Å². The summed E-state index contributed by atoms with van der Waals surface area (Å²) in [6.45, 7) is 8.10. The molecule has 0 amide bonds. The molecule has 30 heavy (non-hydrogen) atoms. The van der Waals surface area contributed by atoms with E-state index in [9.17, 15) is 20.0 Å². The molecule has 0 aliphatic carbocycles. The highest BCUT2D eigenvalue weighted by molar-refractivity contribution is 6.15. The van der Waals surface area contributed by atoms with Crippen molar-refractivity contribution in [3.63, 3.8) is 0 Å². The normalized spacial score (nSPS) is 22.0. The van der Waals surface area contributed by atoms with Gasteiger partial charge in [-0.15, -0.1) is 0 Å². The lowest BCUT2D eigenvalue weighted by atomic mass is 10.0. The fourth-order valence-electron chi connectivity index (χ4n) is 4.05. The van der Waals surface area contributed by atoms with Gasteiger partial charge in [0.1, 0.15) is 38.5 Å². The summed E-state index contributed by atoms with van der Waals surface area (Å²) in [5.74, 6) is 0.461. The molecule has 4 rings (SSSR count). The third-order valence-corrected chi connectivity index (χ3v) is 5.91. The minimum Gasteiger partial charge on any atom is -0.507 e. The second kappa shape index (κ2) is 8.25. The lowest BCUT2D eigenvalue weighted by Gasteiger charge is -2.29. The van der Waals surface area contributed by atoms with E-state index in [1.807, 2.05) is 0 Å². The van der Waals surface area contributed by atoms with Crippen molar-refractivity contribution >= 4 is 17.5 Å². The Morgan fingerprint density at radius 2 is 1.77 bits per heavy atom. The second-order valence-corrected chi connectivity index (χ2v) is 7.76. The third kappa shape index (κ3) is 3.92. The van der Waals surface area contributed by atoms with Crippen molar-refractivity contribution in [1.29, 1.82) is 0 Å². The number of aromatic hydroxyl groups is 1. The molecule has 2 aliphatic heterocycles. The summed E-state index contributed by atoms with van der Waals surface area (Å²) in [4.78, 5) is 26.1. The quantitative estimate of drug-likeness (QED) is 0.372. The van der Waals surface area contributed by atoms with Crippen LogP contribution in [0, 0.1) is 10.1 Å². The van der Waals surface area contributed by atoms with Gasteiger partial charge < -0.3 is 19.6 Å². The number of benzene rings is 2. The number of phenolic OH excluding ortho intramolecular Hbond substituents is 1. The van der Waals surface area contributed by atoms with Crippen LogP contribution in [-0.4, -0.2) is 48.5 Å². The number of Topliss-reactive ketones (excluding diaryl/α,β-unsaturated/α-hetero) is 1. The summed E-state index contributed by atoms with van der Waals surface area (Å²) >= 11 is 0. The highest BCUT2D eigenvalue weighted by Gasteiger charge is 2.33. The van der Waals surface area contributed by atoms with Crippen molar-refractivity contribution in [2.45, 2.75) is 13.5 Å². The van der Waals surface area contributed by atoms with Gasteiger partial charge in [-0.05, 0) is 42.8 Å². The van der Waals surface area contributed by atoms with E-state index in [-0.39, 0.29) is 23.0 Å². The fourth-order valence-corrected chi connectivity index (χ4v) is 4.05. The number of hydrogen-bond donors (Lipinski definition) is 3. The maximum atomic E-state index is 12.8. The van der Waals surface area contributed by atoms with Gasteiger partial charge >= 0.3 is 0 Å². The van der Waals surface area contributed by atoms with E-state index in [0.717, 1.165) is 32.7 Å². The van der Waals surface area contributed by atoms with Crippen LogP contribution in [0.5, 0.6) is 11.5 Å². The van der Waals surface area contributed by atoms with Crippen LogP contribution in [0.15, 0.2) is 42.2 Å². The summed E-state index contributed by atoms with van der Waals surface area (Å²) < 4.78 is 5.90. The molecule has 2 aromatic carbocycles. The highest BCUT2D eigenvalue weighted by Crippen LogP contribution is 2.39. The number of hydrogen-bond acceptors (Lipinski definition) is 5. The number of likely N-dealkylation sites (N-methyl/N-ethyl adjacent to an activating group) is 1. The molecular formula is C22H25N3O5+2. The third-order valence-electron chi connectivity index (χ3n) is 5.91. The van der Waals surface area contributed by atoms with Gasteiger partial charge in [0.15, 0.2) is 11.5 Å². The number of nitrogens with zero attached hydrogens (tertiary/aromatic N) is 1. The van der Waals surface area contributed by atoms with E-state index in [1.54, 1.807) is 35.2 Å². The van der Waals surface area contributed by atoms with Crippen LogP contribution in [0.25, 0.3) is 6.08 Å². The standard InChI is InChI=1S/C22H23N3O5/c1-2-23-9-11-24(12-10-23)14-18-19(26)8-7-17-21(27)20(30-22(17)18)13-15-3-5-16(6-4-15)25(28)29/h3-8,13,26H,2,9-12,14H2,1H3/p+2/b20-13-. The van der Waals surface area contributed by atoms with Crippen molar-refractivity contribution in [3.05, 3.63) is 69.0 Å². The molecule has 0 aromatic heterocycles. The van der Waals surface area contributed by atoms with Crippen LogP contribution < -0.4 is 14.5 Å². The summed E-state index contributed by atoms with van der Waals surface area (Å²) in [6.07, 6.45) is 1.57. The monoisotopic (exact) mass is 411 g/mol. The number of nitro benzene ring substituents is 1. The molecular weight excluding hydrogens is 386 g/mol.